The van der Waals surface area contributed by atoms with Gasteiger partial charge in [-0.25, -0.2) is 0 Å². The maximum Gasteiger partial charge on any atom is 0.309 e. The van der Waals surface area contributed by atoms with Crippen molar-refractivity contribution in [3.63, 3.8) is 0 Å². The molecule has 0 saturated heterocycles. The molecule has 0 fully saturated rings. The van der Waals surface area contributed by atoms with E-state index in [1.54, 1.807) is 115 Å². The summed E-state index contributed by atoms with van der Waals surface area (Å²) in [5, 5.41) is 26.8. The van der Waals surface area contributed by atoms with Gasteiger partial charge in [-0.05, 0) is 79.2 Å². The highest BCUT2D eigenvalue weighted by Crippen LogP contribution is 2.17. The molecule has 3 N–H and O–H groups in total. The molecule has 0 bridgehead atoms. The minimum absolute atomic E-state index is 0.0362. The maximum absolute atomic E-state index is 12.3. The van der Waals surface area contributed by atoms with Crippen LogP contribution in [0.2, 0.25) is 5.02 Å². The lowest BCUT2D eigenvalue weighted by molar-refractivity contribution is -0.137. The van der Waals surface area contributed by atoms with Crippen molar-refractivity contribution in [2.24, 2.45) is 20.0 Å². The number of aromatic nitrogens is 3. The first-order chi connectivity index (χ1) is 24.5. The number of carboxylic acids is 3. The van der Waals surface area contributed by atoms with E-state index in [1.807, 2.05) is 19.9 Å². The van der Waals surface area contributed by atoms with Crippen LogP contribution >= 0.6 is 11.6 Å². The summed E-state index contributed by atoms with van der Waals surface area (Å²) >= 11 is 5.77. The van der Waals surface area contributed by atoms with Gasteiger partial charge in [-0.1, -0.05) is 43.6 Å². The lowest BCUT2D eigenvalue weighted by Gasteiger charge is -2.07. The fraction of sp³-hybridized carbons (Fsp3) is 0.231. The molecule has 2 aromatic carbocycles. The summed E-state index contributed by atoms with van der Waals surface area (Å²) < 4.78 is 4.73. The molecule has 5 rings (SSSR count). The third kappa shape index (κ3) is 10.7. The number of rotatable bonds is 11. The number of carboxylic acid groups (broad SMARTS) is 3. The topological polar surface area (TPSA) is 178 Å². The van der Waals surface area contributed by atoms with E-state index >= 15 is 0 Å². The third-order valence-corrected chi connectivity index (χ3v) is 8.32. The van der Waals surface area contributed by atoms with E-state index < -0.39 is 17.9 Å². The van der Waals surface area contributed by atoms with Gasteiger partial charge < -0.3 is 24.5 Å². The molecule has 0 unspecified atom stereocenters. The molecule has 0 atom stereocenters. The second kappa shape index (κ2) is 18.3. The van der Waals surface area contributed by atoms with Crippen LogP contribution in [0, 0.1) is 12.8 Å². The Balaban J connectivity index is 0.000000212. The van der Waals surface area contributed by atoms with Gasteiger partial charge in [-0.2, -0.15) is 0 Å². The number of aliphatic carboxylic acids is 3. The van der Waals surface area contributed by atoms with Crippen molar-refractivity contribution >= 4 is 47.0 Å². The van der Waals surface area contributed by atoms with E-state index in [0.717, 1.165) is 0 Å². The van der Waals surface area contributed by atoms with Gasteiger partial charge in [0.2, 0.25) is 5.78 Å². The molecule has 5 aromatic rings. The third-order valence-electron chi connectivity index (χ3n) is 8.06. The zero-order valence-corrected chi connectivity index (χ0v) is 30.1. The molecule has 0 spiro atoms. The summed E-state index contributed by atoms with van der Waals surface area (Å²) in [4.78, 5) is 68.1. The van der Waals surface area contributed by atoms with Crippen LogP contribution in [0.15, 0.2) is 91.1 Å². The van der Waals surface area contributed by atoms with Gasteiger partial charge in [0.05, 0.1) is 30.7 Å². The molecule has 0 amide bonds. The van der Waals surface area contributed by atoms with Crippen LogP contribution in [0.25, 0.3) is 0 Å². The molecule has 3 heterocycles. The Morgan fingerprint density at radius 3 is 1.63 bits per heavy atom. The molecular weight excluding hydrogens is 690 g/mol. The summed E-state index contributed by atoms with van der Waals surface area (Å²) in [7, 11) is 3.40. The number of Topliss-reactive ketones (excluding diaryl/α,β-unsaturated/α-hetero) is 1. The van der Waals surface area contributed by atoms with Crippen molar-refractivity contribution in [3.8, 4) is 0 Å². The zero-order chi connectivity index (χ0) is 38.7. The Kier molecular flexibility index (Phi) is 14.2. The predicted molar refractivity (Wildman–Crippen MR) is 194 cm³/mol. The number of benzene rings is 2. The quantitative estimate of drug-likeness (QED) is 0.135. The lowest BCUT2D eigenvalue weighted by Crippen LogP contribution is -2.14. The average Bonchev–Trinajstić information content (AvgIpc) is 3.76. The number of hydrogen-bond donors (Lipinski definition) is 3. The Morgan fingerprint density at radius 1 is 0.635 bits per heavy atom. The van der Waals surface area contributed by atoms with Gasteiger partial charge in [-0.15, -0.1) is 0 Å². The number of halogens is 1. The highest BCUT2D eigenvalue weighted by Gasteiger charge is 2.18. The van der Waals surface area contributed by atoms with Gasteiger partial charge in [0, 0.05) is 59.4 Å². The molecule has 272 valence electrons. The molecule has 52 heavy (non-hydrogen) atoms. The number of hydrogen-bond acceptors (Lipinski definition) is 6. The van der Waals surface area contributed by atoms with Crippen molar-refractivity contribution in [3.05, 3.63) is 141 Å². The smallest absolute Gasteiger partial charge is 0.309 e. The van der Waals surface area contributed by atoms with Crippen molar-refractivity contribution in [2.45, 2.75) is 40.0 Å². The molecule has 0 aliphatic rings. The predicted octanol–water partition coefficient (Wildman–Crippen LogP) is 6.14. The highest BCUT2D eigenvalue weighted by atomic mass is 35.5. The Hall–Kier alpha value is -6.01. The molecular formula is C39H40ClN3O9. The minimum Gasteiger partial charge on any atom is -0.481 e. The Morgan fingerprint density at radius 2 is 1.13 bits per heavy atom. The molecule has 13 heteroatoms. The van der Waals surface area contributed by atoms with Gasteiger partial charge in [-0.3, -0.25) is 33.3 Å². The first kappa shape index (κ1) is 40.4. The SMILES string of the molecule is CC(C)C(=O)c1ccc(CC(=O)O)n1C.Cc1c(CC(=O)O)ccn1C(=O)c1ccccc1.Cn1c(CC(=O)O)ccc1C(=O)c1ccc(Cl)cc1. The monoisotopic (exact) mass is 729 g/mol. The summed E-state index contributed by atoms with van der Waals surface area (Å²) in [6.45, 7) is 5.40. The molecule has 0 saturated carbocycles. The van der Waals surface area contributed by atoms with E-state index in [1.165, 1.54) is 4.57 Å². The Bertz CT molecular complexity index is 2070. The van der Waals surface area contributed by atoms with Crippen molar-refractivity contribution in [1.82, 2.24) is 13.7 Å². The second-order valence-corrected chi connectivity index (χ2v) is 12.5. The first-order valence-corrected chi connectivity index (χ1v) is 16.4. The largest absolute Gasteiger partial charge is 0.481 e. The Labute approximate surface area is 305 Å². The van der Waals surface area contributed by atoms with Crippen molar-refractivity contribution < 1.29 is 44.1 Å². The molecule has 3 aromatic heterocycles. The standard InChI is InChI=1S/C14H12ClNO3.C14H13NO3.C11H15NO3/c1-16-11(8-13(17)18)6-7-12(16)14(19)9-2-4-10(15)5-3-9;1-10-12(9-13(16)17)7-8-15(10)14(18)11-5-3-2-4-6-11;1-7(2)11(15)9-5-4-8(12(9)3)6-10(13)14/h2-7H,8H2,1H3,(H,17,18);2-8H,9H2,1H3,(H,16,17);4-5,7H,6H2,1-3H3,(H,13,14). The summed E-state index contributed by atoms with van der Waals surface area (Å²) in [6.07, 6.45) is 1.39. The summed E-state index contributed by atoms with van der Waals surface area (Å²) in [5.74, 6) is -3.06. The zero-order valence-electron chi connectivity index (χ0n) is 29.4. The molecule has 0 radical (unpaired) electrons. The van der Waals surface area contributed by atoms with Crippen LogP contribution in [0.4, 0.5) is 0 Å². The number of nitrogens with zero attached hydrogens (tertiary/aromatic N) is 3. The normalized spacial score (nSPS) is 10.4. The lowest BCUT2D eigenvalue weighted by atomic mass is 10.1. The fourth-order valence-corrected chi connectivity index (χ4v) is 5.26. The summed E-state index contributed by atoms with van der Waals surface area (Å²) in [6, 6.07) is 23.8. The van der Waals surface area contributed by atoms with Crippen LogP contribution in [-0.2, 0) is 47.7 Å². The number of carbonyl (C=O) groups is 6. The van der Waals surface area contributed by atoms with Gasteiger partial charge >= 0.3 is 17.9 Å². The van der Waals surface area contributed by atoms with E-state index in [2.05, 4.69) is 0 Å². The minimum atomic E-state index is -0.924. The maximum atomic E-state index is 12.3. The second-order valence-electron chi connectivity index (χ2n) is 12.1. The van der Waals surface area contributed by atoms with E-state index in [4.69, 9.17) is 26.9 Å². The fourth-order valence-electron chi connectivity index (χ4n) is 5.13. The number of carbonyl (C=O) groups excluding carboxylic acids is 3. The van der Waals surface area contributed by atoms with Crippen LogP contribution in [-0.4, -0.2) is 64.4 Å². The van der Waals surface area contributed by atoms with E-state index in [0.29, 0.717) is 50.2 Å². The van der Waals surface area contributed by atoms with Gasteiger partial charge in [0.1, 0.15) is 0 Å². The highest BCUT2D eigenvalue weighted by molar-refractivity contribution is 6.30. The molecule has 12 nitrogen and oxygen atoms in total. The van der Waals surface area contributed by atoms with Crippen LogP contribution in [0.5, 0.6) is 0 Å². The van der Waals surface area contributed by atoms with E-state index in [-0.39, 0.29) is 42.7 Å². The van der Waals surface area contributed by atoms with Gasteiger partial charge in [0.15, 0.2) is 5.78 Å². The van der Waals surface area contributed by atoms with Crippen LogP contribution < -0.4 is 0 Å². The molecule has 0 aliphatic heterocycles. The van der Waals surface area contributed by atoms with Crippen LogP contribution in [0.3, 0.4) is 0 Å². The average molecular weight is 730 g/mol. The van der Waals surface area contributed by atoms with Gasteiger partial charge in [0.25, 0.3) is 5.91 Å². The summed E-state index contributed by atoms with van der Waals surface area (Å²) in [5.41, 5.74) is 4.69. The van der Waals surface area contributed by atoms with Crippen LogP contribution in [0.1, 0.15) is 73.4 Å². The van der Waals surface area contributed by atoms with Crippen molar-refractivity contribution in [1.29, 1.82) is 0 Å². The number of ketones is 2. The van der Waals surface area contributed by atoms with Crippen molar-refractivity contribution in [2.75, 3.05) is 0 Å². The van der Waals surface area contributed by atoms with E-state index in [9.17, 15) is 28.8 Å². The first-order valence-electron chi connectivity index (χ1n) is 16.1. The molecule has 0 aliphatic carbocycles.